The Morgan fingerprint density at radius 2 is 1.67 bits per heavy atom. The number of carbonyl (C=O) groups is 1. The second-order valence-corrected chi connectivity index (χ2v) is 3.60. The van der Waals surface area contributed by atoms with E-state index in [1.165, 1.54) is 0 Å². The highest BCUT2D eigenvalue weighted by Gasteiger charge is 2.12. The number of hydrogen-bond donors (Lipinski definition) is 1. The first-order chi connectivity index (χ1) is 7.17. The molecule has 1 N–H and O–H groups in total. The maximum atomic E-state index is 10.8. The van der Waals surface area contributed by atoms with Crippen LogP contribution < -0.4 is 0 Å². The van der Waals surface area contributed by atoms with Gasteiger partial charge in [0.2, 0.25) is 0 Å². The van der Waals surface area contributed by atoms with E-state index in [-0.39, 0.29) is 5.57 Å². The van der Waals surface area contributed by atoms with Crippen LogP contribution in [0.4, 0.5) is 0 Å². The zero-order valence-electron chi connectivity index (χ0n) is 9.55. The summed E-state index contributed by atoms with van der Waals surface area (Å²) in [5.74, 6) is -1.08. The molecule has 84 valence electrons. The third-order valence-corrected chi connectivity index (χ3v) is 2.34. The smallest absolute Gasteiger partial charge is 0.346 e. The van der Waals surface area contributed by atoms with Gasteiger partial charge in [0.05, 0.1) is 0 Å². The van der Waals surface area contributed by atoms with Crippen molar-refractivity contribution >= 4 is 5.97 Å². The predicted molar refractivity (Wildman–Crippen MR) is 59.3 cm³/mol. The van der Waals surface area contributed by atoms with E-state index in [0.29, 0.717) is 0 Å². The summed E-state index contributed by atoms with van der Waals surface area (Å²) in [5.41, 5.74) is 0.769. The van der Waals surface area contributed by atoms with Gasteiger partial charge in [0.15, 0.2) is 0 Å². The molecule has 3 heteroatoms. The van der Waals surface area contributed by atoms with Crippen molar-refractivity contribution in [2.75, 3.05) is 0 Å². The van der Waals surface area contributed by atoms with Gasteiger partial charge in [0.25, 0.3) is 0 Å². The lowest BCUT2D eigenvalue weighted by Crippen LogP contribution is -2.03. The van der Waals surface area contributed by atoms with Gasteiger partial charge in [-0.05, 0) is 31.3 Å². The molecule has 0 rings (SSSR count). The van der Waals surface area contributed by atoms with Crippen molar-refractivity contribution in [1.82, 2.24) is 0 Å². The molecule has 0 aromatic rings. The monoisotopic (exact) mass is 209 g/mol. The quantitative estimate of drug-likeness (QED) is 0.517. The van der Waals surface area contributed by atoms with Gasteiger partial charge in [-0.25, -0.2) is 4.79 Å². The summed E-state index contributed by atoms with van der Waals surface area (Å²) in [6, 6.07) is 1.80. The van der Waals surface area contributed by atoms with Gasteiger partial charge in [0.1, 0.15) is 11.6 Å². The fourth-order valence-electron chi connectivity index (χ4n) is 1.43. The molecule has 15 heavy (non-hydrogen) atoms. The lowest BCUT2D eigenvalue weighted by molar-refractivity contribution is -0.132. The first-order valence-electron chi connectivity index (χ1n) is 5.52. The molecular formula is C12H19NO2. The highest BCUT2D eigenvalue weighted by Crippen LogP contribution is 2.19. The molecule has 0 aliphatic carbocycles. The fraction of sp³-hybridized carbons (Fsp3) is 0.667. The van der Waals surface area contributed by atoms with E-state index >= 15 is 0 Å². The van der Waals surface area contributed by atoms with Gasteiger partial charge >= 0.3 is 5.97 Å². The minimum absolute atomic E-state index is 0.0445. The molecule has 0 aliphatic heterocycles. The molecular weight excluding hydrogens is 190 g/mol. The Morgan fingerprint density at radius 3 is 1.93 bits per heavy atom. The molecule has 0 saturated carbocycles. The van der Waals surface area contributed by atoms with Crippen LogP contribution in [0.5, 0.6) is 0 Å². The molecule has 0 fully saturated rings. The molecule has 0 spiro atoms. The van der Waals surface area contributed by atoms with Gasteiger partial charge < -0.3 is 5.11 Å². The van der Waals surface area contributed by atoms with Crippen molar-refractivity contribution in [2.24, 2.45) is 0 Å². The SMILES string of the molecule is CCCCC(CCCC)=C(C#N)C(=O)O. The zero-order chi connectivity index (χ0) is 11.7. The van der Waals surface area contributed by atoms with Crippen molar-refractivity contribution in [3.8, 4) is 6.07 Å². The van der Waals surface area contributed by atoms with Crippen LogP contribution in [-0.4, -0.2) is 11.1 Å². The molecule has 0 heterocycles. The zero-order valence-corrected chi connectivity index (χ0v) is 9.55. The number of allylic oxidation sites excluding steroid dienone is 1. The number of carboxylic acid groups (broad SMARTS) is 1. The Hall–Kier alpha value is -1.30. The molecule has 3 nitrogen and oxygen atoms in total. The summed E-state index contributed by atoms with van der Waals surface area (Å²) >= 11 is 0. The van der Waals surface area contributed by atoms with Gasteiger partial charge in [0, 0.05) is 0 Å². The third-order valence-electron chi connectivity index (χ3n) is 2.34. The van der Waals surface area contributed by atoms with Crippen LogP contribution in [0.15, 0.2) is 11.1 Å². The second-order valence-electron chi connectivity index (χ2n) is 3.60. The number of aliphatic carboxylic acids is 1. The topological polar surface area (TPSA) is 61.1 Å². The van der Waals surface area contributed by atoms with Gasteiger partial charge in [-0.3, -0.25) is 0 Å². The Kier molecular flexibility index (Phi) is 7.35. The predicted octanol–water partition coefficient (Wildman–Crippen LogP) is 3.27. The van der Waals surface area contributed by atoms with E-state index in [0.717, 1.165) is 44.1 Å². The van der Waals surface area contributed by atoms with E-state index in [2.05, 4.69) is 13.8 Å². The highest BCUT2D eigenvalue weighted by molar-refractivity contribution is 5.92. The van der Waals surface area contributed by atoms with Crippen molar-refractivity contribution in [3.63, 3.8) is 0 Å². The molecule has 0 amide bonds. The summed E-state index contributed by atoms with van der Waals surface area (Å²) in [4.78, 5) is 10.8. The van der Waals surface area contributed by atoms with Crippen molar-refractivity contribution in [2.45, 2.75) is 52.4 Å². The maximum Gasteiger partial charge on any atom is 0.346 e. The summed E-state index contributed by atoms with van der Waals surface area (Å²) in [6.07, 6.45) is 5.44. The van der Waals surface area contributed by atoms with E-state index in [1.54, 1.807) is 6.07 Å². The molecule has 0 aromatic heterocycles. The summed E-state index contributed by atoms with van der Waals surface area (Å²) < 4.78 is 0. The number of unbranched alkanes of at least 4 members (excludes halogenated alkanes) is 2. The average molecular weight is 209 g/mol. The van der Waals surface area contributed by atoms with Crippen LogP contribution in [0.1, 0.15) is 52.4 Å². The Bertz CT molecular complexity index is 264. The Balaban J connectivity index is 4.69. The standard InChI is InChI=1S/C12H19NO2/c1-3-5-7-10(8-6-4-2)11(9-13)12(14)15/h3-8H2,1-2H3,(H,14,15). The van der Waals surface area contributed by atoms with Crippen LogP contribution in [0.3, 0.4) is 0 Å². The van der Waals surface area contributed by atoms with E-state index < -0.39 is 5.97 Å². The largest absolute Gasteiger partial charge is 0.477 e. The molecule has 0 atom stereocenters. The van der Waals surface area contributed by atoms with Crippen LogP contribution in [0.2, 0.25) is 0 Å². The van der Waals surface area contributed by atoms with Gasteiger partial charge in [-0.1, -0.05) is 26.7 Å². The second kappa shape index (κ2) is 8.05. The number of carboxylic acids is 1. The molecule has 0 aromatic carbocycles. The van der Waals surface area contributed by atoms with Crippen LogP contribution in [0.25, 0.3) is 0 Å². The number of hydrogen-bond acceptors (Lipinski definition) is 2. The van der Waals surface area contributed by atoms with E-state index in [4.69, 9.17) is 10.4 Å². The Labute approximate surface area is 91.4 Å². The highest BCUT2D eigenvalue weighted by atomic mass is 16.4. The number of nitriles is 1. The van der Waals surface area contributed by atoms with E-state index in [9.17, 15) is 4.79 Å². The molecule has 0 unspecified atom stereocenters. The molecule has 0 radical (unpaired) electrons. The van der Waals surface area contributed by atoms with Gasteiger partial charge in [-0.2, -0.15) is 5.26 Å². The van der Waals surface area contributed by atoms with Crippen molar-refractivity contribution < 1.29 is 9.90 Å². The van der Waals surface area contributed by atoms with Gasteiger partial charge in [-0.15, -0.1) is 0 Å². The number of rotatable bonds is 7. The van der Waals surface area contributed by atoms with Crippen LogP contribution in [-0.2, 0) is 4.79 Å². The fourth-order valence-corrected chi connectivity index (χ4v) is 1.43. The van der Waals surface area contributed by atoms with Crippen molar-refractivity contribution in [1.29, 1.82) is 5.26 Å². The summed E-state index contributed by atoms with van der Waals surface area (Å²) in [5, 5.41) is 17.6. The minimum Gasteiger partial charge on any atom is -0.477 e. The summed E-state index contributed by atoms with van der Waals surface area (Å²) in [6.45, 7) is 4.12. The molecule has 0 aliphatic rings. The lowest BCUT2D eigenvalue weighted by atomic mass is 9.98. The molecule has 0 saturated heterocycles. The average Bonchev–Trinajstić information content (AvgIpc) is 2.21. The lowest BCUT2D eigenvalue weighted by Gasteiger charge is -2.07. The Morgan fingerprint density at radius 1 is 1.20 bits per heavy atom. The maximum absolute atomic E-state index is 10.8. The normalized spacial score (nSPS) is 9.40. The van der Waals surface area contributed by atoms with E-state index in [1.807, 2.05) is 0 Å². The van der Waals surface area contributed by atoms with Crippen LogP contribution in [0, 0.1) is 11.3 Å². The molecule has 0 bridgehead atoms. The third kappa shape index (κ3) is 5.21. The minimum atomic E-state index is -1.08. The first kappa shape index (κ1) is 13.7. The van der Waals surface area contributed by atoms with Crippen molar-refractivity contribution in [3.05, 3.63) is 11.1 Å². The van der Waals surface area contributed by atoms with Crippen LogP contribution >= 0.6 is 0 Å². The number of nitrogens with zero attached hydrogens (tertiary/aromatic N) is 1. The summed E-state index contributed by atoms with van der Waals surface area (Å²) in [7, 11) is 0. The first-order valence-corrected chi connectivity index (χ1v) is 5.52.